The topological polar surface area (TPSA) is 77.1 Å². The van der Waals surface area contributed by atoms with Crippen LogP contribution in [0.5, 0.6) is 0 Å². The van der Waals surface area contributed by atoms with Crippen molar-refractivity contribution in [1.29, 1.82) is 0 Å². The van der Waals surface area contributed by atoms with E-state index in [2.05, 4.69) is 58.8 Å². The highest BCUT2D eigenvalue weighted by molar-refractivity contribution is 5.87. The third-order valence-corrected chi connectivity index (χ3v) is 7.78. The molecule has 0 radical (unpaired) electrons. The number of hydrogen-bond acceptors (Lipinski definition) is 6. The predicted octanol–water partition coefficient (Wildman–Crippen LogP) is 4.80. The number of hydrogen-bond donors (Lipinski definition) is 1. The summed E-state index contributed by atoms with van der Waals surface area (Å²) in [5, 5.41) is 2.93. The van der Waals surface area contributed by atoms with E-state index in [1.165, 1.54) is 11.1 Å². The van der Waals surface area contributed by atoms with Crippen molar-refractivity contribution in [2.75, 3.05) is 46.6 Å². The number of nitrogens with one attached hydrogen (secondary N) is 1. The fraction of sp³-hybridized carbons (Fsp3) is 0.515. The van der Waals surface area contributed by atoms with Gasteiger partial charge in [-0.1, -0.05) is 66.7 Å². The number of unbranched alkanes of at least 4 members (excludes halogenated alkanes) is 1. The molecule has 2 aromatic carbocycles. The molecule has 1 heterocycles. The molecule has 1 saturated heterocycles. The number of allylic oxidation sites excluding steroid dienone is 2. The van der Waals surface area contributed by atoms with E-state index in [1.54, 1.807) is 7.11 Å². The van der Waals surface area contributed by atoms with E-state index in [9.17, 15) is 9.59 Å². The van der Waals surface area contributed by atoms with Crippen LogP contribution < -0.4 is 5.32 Å². The van der Waals surface area contributed by atoms with Crippen LogP contribution in [0.15, 0.2) is 66.7 Å². The third kappa shape index (κ3) is 9.10. The van der Waals surface area contributed by atoms with Gasteiger partial charge in [-0.3, -0.25) is 14.5 Å². The molecule has 1 aliphatic heterocycles. The van der Waals surface area contributed by atoms with Gasteiger partial charge in [0.1, 0.15) is 0 Å². The Morgan fingerprint density at radius 2 is 1.77 bits per heavy atom. The average molecular weight is 549 g/mol. The molecular formula is C33H44N2O5. The van der Waals surface area contributed by atoms with Gasteiger partial charge in [-0.05, 0) is 42.4 Å². The predicted molar refractivity (Wildman–Crippen MR) is 157 cm³/mol. The van der Waals surface area contributed by atoms with Crippen molar-refractivity contribution in [2.45, 2.75) is 57.3 Å². The number of nitrogens with zero attached hydrogens (tertiary/aromatic N) is 1. The van der Waals surface area contributed by atoms with Crippen LogP contribution >= 0.6 is 0 Å². The van der Waals surface area contributed by atoms with Gasteiger partial charge in [0.15, 0.2) is 5.78 Å². The molecule has 7 nitrogen and oxygen atoms in total. The molecule has 216 valence electrons. The zero-order valence-corrected chi connectivity index (χ0v) is 23.8. The maximum atomic E-state index is 13.2. The lowest BCUT2D eigenvalue weighted by atomic mass is 9.95. The zero-order valence-electron chi connectivity index (χ0n) is 23.8. The summed E-state index contributed by atoms with van der Waals surface area (Å²) in [5.74, 6) is 0.466. The van der Waals surface area contributed by atoms with Gasteiger partial charge in [-0.2, -0.15) is 0 Å². The second-order valence-corrected chi connectivity index (χ2v) is 10.6. The Morgan fingerprint density at radius 1 is 1.02 bits per heavy atom. The molecule has 2 fully saturated rings. The third-order valence-electron chi connectivity index (χ3n) is 7.78. The van der Waals surface area contributed by atoms with E-state index < -0.39 is 0 Å². The van der Waals surface area contributed by atoms with Gasteiger partial charge >= 0.3 is 0 Å². The van der Waals surface area contributed by atoms with Crippen LogP contribution in [-0.2, 0) is 30.4 Å². The minimum absolute atomic E-state index is 0.0866. The van der Waals surface area contributed by atoms with E-state index in [1.807, 2.05) is 18.2 Å². The first-order chi connectivity index (χ1) is 19.7. The second kappa shape index (κ2) is 16.4. The fourth-order valence-corrected chi connectivity index (χ4v) is 5.62. The van der Waals surface area contributed by atoms with E-state index in [-0.39, 0.29) is 29.8 Å². The van der Waals surface area contributed by atoms with Crippen LogP contribution in [0.1, 0.15) is 44.1 Å². The summed E-state index contributed by atoms with van der Waals surface area (Å²) in [7, 11) is 1.66. The summed E-state index contributed by atoms with van der Waals surface area (Å²) in [4.78, 5) is 27.5. The molecule has 1 amide bonds. The molecule has 3 atom stereocenters. The van der Waals surface area contributed by atoms with Crippen molar-refractivity contribution in [3.8, 4) is 11.1 Å². The summed E-state index contributed by atoms with van der Waals surface area (Å²) >= 11 is 0. The molecule has 1 N–H and O–H groups in total. The molecule has 0 unspecified atom stereocenters. The molecule has 4 rings (SSSR count). The van der Waals surface area contributed by atoms with Gasteiger partial charge in [-0.25, -0.2) is 0 Å². The number of ether oxygens (including phenoxy) is 3. The van der Waals surface area contributed by atoms with E-state index in [4.69, 9.17) is 14.2 Å². The number of carbonyl (C=O) groups is 2. The summed E-state index contributed by atoms with van der Waals surface area (Å²) in [6, 6.07) is 18.7. The highest BCUT2D eigenvalue weighted by atomic mass is 16.5. The molecule has 0 spiro atoms. The van der Waals surface area contributed by atoms with Gasteiger partial charge in [-0.15, -0.1) is 0 Å². The van der Waals surface area contributed by atoms with Crippen molar-refractivity contribution in [3.05, 3.63) is 72.3 Å². The first-order valence-electron chi connectivity index (χ1n) is 14.7. The Bertz CT molecular complexity index is 1070. The second-order valence-electron chi connectivity index (χ2n) is 10.6. The van der Waals surface area contributed by atoms with Crippen LogP contribution in [0.2, 0.25) is 0 Å². The maximum Gasteiger partial charge on any atom is 0.220 e. The lowest BCUT2D eigenvalue weighted by molar-refractivity contribution is -0.124. The van der Waals surface area contributed by atoms with Crippen LogP contribution in [0.3, 0.4) is 0 Å². The van der Waals surface area contributed by atoms with E-state index in [0.717, 1.165) is 44.3 Å². The summed E-state index contributed by atoms with van der Waals surface area (Å²) < 4.78 is 17.0. The van der Waals surface area contributed by atoms with Crippen molar-refractivity contribution < 1.29 is 23.8 Å². The first-order valence-corrected chi connectivity index (χ1v) is 14.7. The van der Waals surface area contributed by atoms with Gasteiger partial charge in [0.2, 0.25) is 5.91 Å². The SMILES string of the molecule is COCCCNC(=O)CCC/C=C\C[C@H]1[C@@H](OCc2ccc(-c3ccccc3)cc2)CC(=O)[C@@H]1N1CCOCC1. The van der Waals surface area contributed by atoms with Crippen molar-refractivity contribution in [3.63, 3.8) is 0 Å². The van der Waals surface area contributed by atoms with Gasteiger partial charge in [0.25, 0.3) is 0 Å². The molecule has 2 aromatic rings. The number of carbonyl (C=O) groups excluding carboxylic acids is 2. The fourth-order valence-electron chi connectivity index (χ4n) is 5.62. The summed E-state index contributed by atoms with van der Waals surface area (Å²) in [6.07, 6.45) is 8.45. The standard InChI is InChI=1S/C33H44N2O5/c1-38-21-9-18-34-32(37)13-8-3-2-7-12-29-31(24-30(36)33(29)35-19-22-39-23-20-35)40-25-26-14-16-28(17-15-26)27-10-5-4-6-11-27/h2,4-7,10-11,14-17,29,31,33H,3,8-9,12-13,18-25H2,1H3,(H,34,37)/b7-2-/t29-,31-,33+/m0/s1. The molecule has 2 aliphatic rings. The number of rotatable bonds is 15. The molecule has 0 bridgehead atoms. The molecule has 0 aromatic heterocycles. The zero-order chi connectivity index (χ0) is 28.0. The number of amides is 1. The minimum Gasteiger partial charge on any atom is -0.385 e. The summed E-state index contributed by atoms with van der Waals surface area (Å²) in [6.45, 7) is 4.69. The Balaban J connectivity index is 1.30. The lowest BCUT2D eigenvalue weighted by Crippen LogP contribution is -2.49. The van der Waals surface area contributed by atoms with Crippen molar-refractivity contribution in [2.24, 2.45) is 5.92 Å². The van der Waals surface area contributed by atoms with Crippen LogP contribution in [0, 0.1) is 5.92 Å². The summed E-state index contributed by atoms with van der Waals surface area (Å²) in [5.41, 5.74) is 3.48. The molecular weight excluding hydrogens is 504 g/mol. The van der Waals surface area contributed by atoms with Crippen molar-refractivity contribution >= 4 is 11.7 Å². The Labute approximate surface area is 238 Å². The van der Waals surface area contributed by atoms with Crippen LogP contribution in [0.4, 0.5) is 0 Å². The molecule has 1 aliphatic carbocycles. The number of ketones is 1. The Kier molecular flexibility index (Phi) is 12.4. The molecule has 7 heteroatoms. The first kappa shape index (κ1) is 30.1. The highest BCUT2D eigenvalue weighted by Crippen LogP contribution is 2.34. The quantitative estimate of drug-likeness (QED) is 0.255. The van der Waals surface area contributed by atoms with Gasteiger partial charge < -0.3 is 19.5 Å². The normalized spacial score (nSPS) is 21.7. The lowest BCUT2D eigenvalue weighted by Gasteiger charge is -2.35. The largest absolute Gasteiger partial charge is 0.385 e. The number of morpholine rings is 1. The number of Topliss-reactive ketones (excluding diaryl/α,β-unsaturated/α-hetero) is 1. The Morgan fingerprint density at radius 3 is 2.52 bits per heavy atom. The smallest absolute Gasteiger partial charge is 0.220 e. The Hall–Kier alpha value is -2.84. The van der Waals surface area contributed by atoms with Crippen LogP contribution in [0.25, 0.3) is 11.1 Å². The number of methoxy groups -OCH3 is 1. The monoisotopic (exact) mass is 548 g/mol. The van der Waals surface area contributed by atoms with E-state index in [0.29, 0.717) is 45.8 Å². The number of benzene rings is 2. The van der Waals surface area contributed by atoms with E-state index >= 15 is 0 Å². The molecule has 40 heavy (non-hydrogen) atoms. The highest BCUT2D eigenvalue weighted by Gasteiger charge is 2.45. The van der Waals surface area contributed by atoms with Gasteiger partial charge in [0, 0.05) is 52.1 Å². The van der Waals surface area contributed by atoms with Crippen LogP contribution in [-0.4, -0.2) is 75.3 Å². The average Bonchev–Trinajstić information content (AvgIpc) is 3.31. The van der Waals surface area contributed by atoms with Gasteiger partial charge in [0.05, 0.1) is 32.0 Å². The molecule has 1 saturated carbocycles. The maximum absolute atomic E-state index is 13.2. The minimum atomic E-state index is -0.128. The van der Waals surface area contributed by atoms with Crippen molar-refractivity contribution in [1.82, 2.24) is 10.2 Å².